The second-order valence-electron chi connectivity index (χ2n) is 6.30. The molecule has 2 aromatic rings. The minimum absolute atomic E-state index is 0.0444. The molecule has 0 spiro atoms. The molecule has 0 aliphatic heterocycles. The summed E-state index contributed by atoms with van der Waals surface area (Å²) in [6.45, 7) is 4.47. The molecular weight excluding hydrogens is 456 g/mol. The fourth-order valence-corrected chi connectivity index (χ4v) is 2.94. The summed E-state index contributed by atoms with van der Waals surface area (Å²) in [5.74, 6) is -0.320. The SMILES string of the molecule is [C-]#[N+]c1ccc(N(Cc2noc(CCNS(C)(=O)=O)n2)CC(F)(F)F)cc1C(F)(F)F. The first kappa shape index (κ1) is 24.4. The average Bonchev–Trinajstić information content (AvgIpc) is 3.05. The Kier molecular flexibility index (Phi) is 7.17. The predicted octanol–water partition coefficient (Wildman–Crippen LogP) is 3.30. The van der Waals surface area contributed by atoms with E-state index in [1.165, 1.54) is 0 Å². The van der Waals surface area contributed by atoms with Crippen LogP contribution in [0.3, 0.4) is 0 Å². The van der Waals surface area contributed by atoms with E-state index >= 15 is 0 Å². The first-order valence-electron chi connectivity index (χ1n) is 8.34. The minimum atomic E-state index is -4.94. The predicted molar refractivity (Wildman–Crippen MR) is 95.7 cm³/mol. The van der Waals surface area contributed by atoms with Gasteiger partial charge in [0.25, 0.3) is 0 Å². The zero-order valence-corrected chi connectivity index (χ0v) is 16.6. The Morgan fingerprint density at radius 3 is 2.45 bits per heavy atom. The minimum Gasteiger partial charge on any atom is -0.355 e. The van der Waals surface area contributed by atoms with Gasteiger partial charge in [-0.2, -0.15) is 31.3 Å². The molecule has 0 atom stereocenters. The summed E-state index contributed by atoms with van der Waals surface area (Å²) >= 11 is 0. The lowest BCUT2D eigenvalue weighted by Gasteiger charge is -2.25. The first-order valence-corrected chi connectivity index (χ1v) is 10.2. The number of nitrogens with one attached hydrogen (secondary N) is 1. The highest BCUT2D eigenvalue weighted by atomic mass is 32.2. The highest BCUT2D eigenvalue weighted by Crippen LogP contribution is 2.39. The molecule has 31 heavy (non-hydrogen) atoms. The number of alkyl halides is 6. The van der Waals surface area contributed by atoms with E-state index < -0.39 is 52.4 Å². The number of anilines is 1. The summed E-state index contributed by atoms with van der Waals surface area (Å²) in [5, 5.41) is 3.49. The van der Waals surface area contributed by atoms with Gasteiger partial charge in [-0.1, -0.05) is 11.2 Å². The normalized spacial score (nSPS) is 12.6. The number of nitrogens with zero attached hydrogens (tertiary/aromatic N) is 4. The van der Waals surface area contributed by atoms with Crippen molar-refractivity contribution in [3.63, 3.8) is 0 Å². The molecule has 1 N–H and O–H groups in total. The van der Waals surface area contributed by atoms with Gasteiger partial charge in [-0.05, 0) is 12.1 Å². The van der Waals surface area contributed by atoms with E-state index in [0.717, 1.165) is 18.4 Å². The Bertz CT molecular complexity index is 1060. The van der Waals surface area contributed by atoms with Crippen LogP contribution in [0.25, 0.3) is 4.85 Å². The summed E-state index contributed by atoms with van der Waals surface area (Å²) in [7, 11) is -3.47. The summed E-state index contributed by atoms with van der Waals surface area (Å²) < 4.78 is 108. The van der Waals surface area contributed by atoms with Crippen LogP contribution in [-0.2, 0) is 29.2 Å². The summed E-state index contributed by atoms with van der Waals surface area (Å²) in [6.07, 6.45) is -8.82. The van der Waals surface area contributed by atoms with Gasteiger partial charge in [0.1, 0.15) is 6.54 Å². The number of benzene rings is 1. The molecule has 170 valence electrons. The molecule has 0 aliphatic carbocycles. The molecule has 0 radical (unpaired) electrons. The summed E-state index contributed by atoms with van der Waals surface area (Å²) in [6, 6.07) is 2.20. The van der Waals surface area contributed by atoms with Crippen molar-refractivity contribution in [3.05, 3.63) is 46.9 Å². The maximum absolute atomic E-state index is 13.2. The van der Waals surface area contributed by atoms with Gasteiger partial charge in [-0.15, -0.1) is 0 Å². The van der Waals surface area contributed by atoms with E-state index in [2.05, 4.69) is 19.7 Å². The zero-order chi connectivity index (χ0) is 23.4. The van der Waals surface area contributed by atoms with Gasteiger partial charge in [-0.3, -0.25) is 0 Å². The van der Waals surface area contributed by atoms with Crippen LogP contribution in [-0.4, -0.2) is 44.1 Å². The molecule has 1 aromatic heterocycles. The van der Waals surface area contributed by atoms with Crippen LogP contribution < -0.4 is 9.62 Å². The quantitative estimate of drug-likeness (QED) is 0.469. The Hall–Kier alpha value is -2.86. The highest BCUT2D eigenvalue weighted by Gasteiger charge is 2.36. The van der Waals surface area contributed by atoms with Crippen LogP contribution >= 0.6 is 0 Å². The molecule has 15 heteroatoms. The fourth-order valence-electron chi connectivity index (χ4n) is 2.47. The fraction of sp³-hybridized carbons (Fsp3) is 0.438. The van der Waals surface area contributed by atoms with Crippen molar-refractivity contribution in [1.82, 2.24) is 14.9 Å². The molecular formula is C16H15F6N5O3S. The molecule has 8 nitrogen and oxygen atoms in total. The van der Waals surface area contributed by atoms with Crippen molar-refractivity contribution in [2.24, 2.45) is 0 Å². The van der Waals surface area contributed by atoms with Gasteiger partial charge >= 0.3 is 12.4 Å². The summed E-state index contributed by atoms with van der Waals surface area (Å²) in [4.78, 5) is 7.15. The lowest BCUT2D eigenvalue weighted by molar-refractivity contribution is -0.136. The van der Waals surface area contributed by atoms with Crippen LogP contribution in [0.15, 0.2) is 22.7 Å². The Morgan fingerprint density at radius 1 is 1.23 bits per heavy atom. The van der Waals surface area contributed by atoms with Gasteiger partial charge in [0.05, 0.1) is 24.9 Å². The van der Waals surface area contributed by atoms with Crippen LogP contribution in [0.5, 0.6) is 0 Å². The van der Waals surface area contributed by atoms with Crippen molar-refractivity contribution >= 4 is 21.4 Å². The van der Waals surface area contributed by atoms with E-state index in [0.29, 0.717) is 11.0 Å². The maximum Gasteiger partial charge on any atom is 0.407 e. The Balaban J connectivity index is 2.28. The van der Waals surface area contributed by atoms with E-state index in [-0.39, 0.29) is 24.7 Å². The standard InChI is InChI=1S/C16H15F6N5O3S/c1-23-12-4-3-10(7-11(12)16(20,21)22)27(9-15(17,18)19)8-13-25-14(30-26-13)5-6-24-31(2,28)29/h3-4,7,24H,5-6,8-9H2,2H3. The zero-order valence-electron chi connectivity index (χ0n) is 15.8. The van der Waals surface area contributed by atoms with Gasteiger partial charge in [0.15, 0.2) is 11.5 Å². The average molecular weight is 471 g/mol. The van der Waals surface area contributed by atoms with Crippen molar-refractivity contribution < 1.29 is 39.3 Å². The van der Waals surface area contributed by atoms with Crippen LogP contribution in [0.1, 0.15) is 17.3 Å². The monoisotopic (exact) mass is 471 g/mol. The van der Waals surface area contributed by atoms with E-state index in [1.54, 1.807) is 0 Å². The van der Waals surface area contributed by atoms with Gasteiger partial charge in [0.2, 0.25) is 15.9 Å². The first-order chi connectivity index (χ1) is 14.2. The van der Waals surface area contributed by atoms with Crippen LogP contribution in [0, 0.1) is 6.57 Å². The molecule has 0 amide bonds. The van der Waals surface area contributed by atoms with Crippen LogP contribution in [0.2, 0.25) is 0 Å². The number of hydrogen-bond acceptors (Lipinski definition) is 6. The third-order valence-corrected chi connectivity index (χ3v) is 4.42. The number of aromatic nitrogens is 2. The van der Waals surface area contributed by atoms with Gasteiger partial charge in [0, 0.05) is 18.7 Å². The second-order valence-corrected chi connectivity index (χ2v) is 8.14. The molecule has 1 heterocycles. The molecule has 0 fully saturated rings. The lowest BCUT2D eigenvalue weighted by atomic mass is 10.1. The van der Waals surface area contributed by atoms with E-state index in [1.807, 2.05) is 0 Å². The Labute approximate surface area is 172 Å². The van der Waals surface area contributed by atoms with Crippen molar-refractivity contribution in [3.8, 4) is 0 Å². The van der Waals surface area contributed by atoms with Crippen molar-refractivity contribution in [2.75, 3.05) is 24.2 Å². The molecule has 0 bridgehead atoms. The molecule has 0 saturated heterocycles. The molecule has 0 saturated carbocycles. The molecule has 1 aromatic carbocycles. The smallest absolute Gasteiger partial charge is 0.355 e. The summed E-state index contributed by atoms with van der Waals surface area (Å²) in [5.41, 5.74) is -2.56. The van der Waals surface area contributed by atoms with Crippen LogP contribution in [0.4, 0.5) is 37.7 Å². The van der Waals surface area contributed by atoms with Crippen molar-refractivity contribution in [1.29, 1.82) is 0 Å². The third-order valence-electron chi connectivity index (χ3n) is 3.69. The Morgan fingerprint density at radius 2 is 1.90 bits per heavy atom. The van der Waals surface area contributed by atoms with Gasteiger partial charge in [-0.25, -0.2) is 18.0 Å². The molecule has 0 unspecified atom stereocenters. The second kappa shape index (κ2) is 9.10. The maximum atomic E-state index is 13.2. The van der Waals surface area contributed by atoms with Crippen molar-refractivity contribution in [2.45, 2.75) is 25.3 Å². The highest BCUT2D eigenvalue weighted by molar-refractivity contribution is 7.88. The number of hydrogen-bond donors (Lipinski definition) is 1. The largest absolute Gasteiger partial charge is 0.407 e. The molecule has 2 rings (SSSR count). The van der Waals surface area contributed by atoms with Gasteiger partial charge < -0.3 is 9.42 Å². The third kappa shape index (κ3) is 7.72. The number of halogens is 6. The van der Waals surface area contributed by atoms with E-state index in [9.17, 15) is 34.8 Å². The topological polar surface area (TPSA) is 92.7 Å². The van der Waals surface area contributed by atoms with E-state index in [4.69, 9.17) is 11.1 Å². The molecule has 0 aliphatic rings. The number of sulfonamides is 1. The lowest BCUT2D eigenvalue weighted by Crippen LogP contribution is -2.34. The number of rotatable bonds is 8.